The van der Waals surface area contributed by atoms with Crippen molar-refractivity contribution in [1.29, 1.82) is 0 Å². The summed E-state index contributed by atoms with van der Waals surface area (Å²) in [6, 6.07) is 11.3. The molecule has 6 nitrogen and oxygen atoms in total. The minimum absolute atomic E-state index is 0.211. The average Bonchev–Trinajstić information content (AvgIpc) is 3.39. The van der Waals surface area contributed by atoms with Gasteiger partial charge in [0, 0.05) is 34.4 Å². The molecule has 2 saturated carbocycles. The molecule has 2 fully saturated rings. The van der Waals surface area contributed by atoms with Crippen molar-refractivity contribution in [3.63, 3.8) is 0 Å². The Labute approximate surface area is 180 Å². The van der Waals surface area contributed by atoms with E-state index in [0.717, 1.165) is 12.3 Å². The molecule has 2 aromatic carbocycles. The summed E-state index contributed by atoms with van der Waals surface area (Å²) in [5.41, 5.74) is 1.71. The maximum absolute atomic E-state index is 12.8. The number of nitrogens with one attached hydrogen (secondary N) is 1. The standard InChI is InChI=1S/C25H23NO5/c27-22(13-31-23(28)11-16-10-14-5-6-15(16)9-14)26-17-7-8-20-21(12-17)25(30)19-4-2-1-3-18(19)24(20)29/h1-4,7-8,12,14-16H,5-6,9-11,13H2,(H,26,27)/t14-,15-,16-/m1/s1. The third kappa shape index (κ3) is 3.67. The fourth-order valence-corrected chi connectivity index (χ4v) is 5.42. The summed E-state index contributed by atoms with van der Waals surface area (Å²) in [6.45, 7) is -0.369. The number of hydrogen-bond acceptors (Lipinski definition) is 5. The number of amides is 1. The normalized spacial score (nSPS) is 23.3. The smallest absolute Gasteiger partial charge is 0.306 e. The van der Waals surface area contributed by atoms with E-state index >= 15 is 0 Å². The lowest BCUT2D eigenvalue weighted by atomic mass is 9.84. The van der Waals surface area contributed by atoms with E-state index in [1.807, 2.05) is 0 Å². The highest BCUT2D eigenvalue weighted by Gasteiger charge is 2.40. The second kappa shape index (κ2) is 7.76. The monoisotopic (exact) mass is 417 g/mol. The Kier molecular flexibility index (Phi) is 4.93. The fraction of sp³-hybridized carbons (Fsp3) is 0.360. The first-order valence-corrected chi connectivity index (χ1v) is 10.8. The summed E-state index contributed by atoms with van der Waals surface area (Å²) in [6.07, 6.45) is 5.18. The highest BCUT2D eigenvalue weighted by molar-refractivity contribution is 6.28. The fourth-order valence-electron chi connectivity index (χ4n) is 5.42. The topological polar surface area (TPSA) is 89.5 Å². The first-order chi connectivity index (χ1) is 15.0. The van der Waals surface area contributed by atoms with Crippen LogP contribution >= 0.6 is 0 Å². The van der Waals surface area contributed by atoms with Crippen LogP contribution in [0.3, 0.4) is 0 Å². The maximum Gasteiger partial charge on any atom is 0.306 e. The van der Waals surface area contributed by atoms with Crippen LogP contribution < -0.4 is 5.32 Å². The average molecular weight is 417 g/mol. The number of carbonyl (C=O) groups is 4. The number of benzene rings is 2. The van der Waals surface area contributed by atoms with Crippen molar-refractivity contribution >= 4 is 29.1 Å². The minimum Gasteiger partial charge on any atom is -0.456 e. The SMILES string of the molecule is O=C(COC(=O)C[C@H]1C[C@@H]2CC[C@@H]1C2)Nc1ccc2c(c1)C(=O)c1ccccc1C2=O. The summed E-state index contributed by atoms with van der Waals surface area (Å²) in [5, 5.41) is 2.65. The van der Waals surface area contributed by atoms with Gasteiger partial charge in [0.15, 0.2) is 18.2 Å². The quantitative estimate of drug-likeness (QED) is 0.639. The molecule has 1 N–H and O–H groups in total. The highest BCUT2D eigenvalue weighted by atomic mass is 16.5. The van der Waals surface area contributed by atoms with Crippen molar-refractivity contribution in [3.8, 4) is 0 Å². The lowest BCUT2D eigenvalue weighted by molar-refractivity contribution is -0.148. The molecule has 0 aliphatic heterocycles. The Balaban J connectivity index is 1.20. The number of ether oxygens (including phenoxy) is 1. The van der Waals surface area contributed by atoms with Crippen molar-refractivity contribution in [2.45, 2.75) is 32.1 Å². The Morgan fingerprint density at radius 3 is 2.29 bits per heavy atom. The van der Waals surface area contributed by atoms with Gasteiger partial charge in [0.1, 0.15) is 0 Å². The number of carbonyl (C=O) groups excluding carboxylic acids is 4. The van der Waals surface area contributed by atoms with Crippen LogP contribution in [0, 0.1) is 17.8 Å². The minimum atomic E-state index is -0.476. The van der Waals surface area contributed by atoms with E-state index < -0.39 is 5.91 Å². The molecule has 6 heteroatoms. The summed E-state index contributed by atoms with van der Waals surface area (Å²) >= 11 is 0. The number of esters is 1. The summed E-state index contributed by atoms with van der Waals surface area (Å²) in [5.74, 6) is 0.508. The van der Waals surface area contributed by atoms with Crippen molar-refractivity contribution in [1.82, 2.24) is 0 Å². The molecule has 0 radical (unpaired) electrons. The molecule has 2 aromatic rings. The van der Waals surface area contributed by atoms with E-state index in [-0.39, 0.29) is 29.7 Å². The molecular weight excluding hydrogens is 394 g/mol. The molecule has 5 rings (SSSR count). The van der Waals surface area contributed by atoms with Gasteiger partial charge >= 0.3 is 5.97 Å². The van der Waals surface area contributed by atoms with Gasteiger partial charge in [-0.2, -0.15) is 0 Å². The van der Waals surface area contributed by atoms with Crippen LogP contribution in [0.15, 0.2) is 42.5 Å². The summed E-state index contributed by atoms with van der Waals surface area (Å²) < 4.78 is 5.17. The predicted molar refractivity (Wildman–Crippen MR) is 113 cm³/mol. The molecule has 0 saturated heterocycles. The van der Waals surface area contributed by atoms with E-state index in [1.165, 1.54) is 25.3 Å². The van der Waals surface area contributed by atoms with Gasteiger partial charge in [-0.25, -0.2) is 0 Å². The Hall–Kier alpha value is -3.28. The van der Waals surface area contributed by atoms with E-state index in [1.54, 1.807) is 36.4 Å². The van der Waals surface area contributed by atoms with E-state index in [4.69, 9.17) is 4.74 Å². The van der Waals surface area contributed by atoms with E-state index in [0.29, 0.717) is 40.6 Å². The van der Waals surface area contributed by atoms with Crippen LogP contribution in [-0.2, 0) is 14.3 Å². The zero-order chi connectivity index (χ0) is 21.5. The predicted octanol–water partition coefficient (Wildman–Crippen LogP) is 3.77. The molecule has 1 amide bonds. The van der Waals surface area contributed by atoms with Crippen LogP contribution in [0.1, 0.15) is 63.9 Å². The second-order valence-corrected chi connectivity index (χ2v) is 8.81. The van der Waals surface area contributed by atoms with Crippen LogP contribution in [0.5, 0.6) is 0 Å². The lowest BCUT2D eigenvalue weighted by Gasteiger charge is -2.20. The maximum atomic E-state index is 12.8. The first-order valence-electron chi connectivity index (χ1n) is 10.8. The van der Waals surface area contributed by atoms with E-state index in [2.05, 4.69) is 5.32 Å². The van der Waals surface area contributed by atoms with Gasteiger partial charge in [-0.15, -0.1) is 0 Å². The van der Waals surface area contributed by atoms with Gasteiger partial charge in [0.25, 0.3) is 5.91 Å². The molecule has 0 unspecified atom stereocenters. The van der Waals surface area contributed by atoms with E-state index in [9.17, 15) is 19.2 Å². The molecule has 31 heavy (non-hydrogen) atoms. The molecule has 0 spiro atoms. The largest absolute Gasteiger partial charge is 0.456 e. The number of ketones is 2. The third-order valence-electron chi connectivity index (χ3n) is 6.89. The lowest BCUT2D eigenvalue weighted by Crippen LogP contribution is -2.24. The third-order valence-corrected chi connectivity index (χ3v) is 6.89. The second-order valence-electron chi connectivity index (χ2n) is 8.81. The molecule has 0 heterocycles. The van der Waals surface area contributed by atoms with Gasteiger partial charge in [0.05, 0.1) is 0 Å². The first kappa shape index (κ1) is 19.7. The number of anilines is 1. The molecule has 2 bridgehead atoms. The molecule has 3 aliphatic rings. The van der Waals surface area contributed by atoms with Gasteiger partial charge in [-0.1, -0.05) is 30.7 Å². The van der Waals surface area contributed by atoms with Gasteiger partial charge in [-0.05, 0) is 55.2 Å². The Morgan fingerprint density at radius 2 is 1.61 bits per heavy atom. The van der Waals surface area contributed by atoms with Crippen molar-refractivity contribution in [3.05, 3.63) is 64.7 Å². The van der Waals surface area contributed by atoms with Gasteiger partial charge in [0.2, 0.25) is 0 Å². The van der Waals surface area contributed by atoms with Crippen LogP contribution in [-0.4, -0.2) is 30.0 Å². The van der Waals surface area contributed by atoms with Gasteiger partial charge in [-0.3, -0.25) is 19.2 Å². The number of hydrogen-bond donors (Lipinski definition) is 1. The van der Waals surface area contributed by atoms with Crippen molar-refractivity contribution in [2.24, 2.45) is 17.8 Å². The van der Waals surface area contributed by atoms with Gasteiger partial charge < -0.3 is 10.1 Å². The summed E-state index contributed by atoms with van der Waals surface area (Å²) in [7, 11) is 0. The Bertz CT molecular complexity index is 1100. The number of rotatable bonds is 5. The zero-order valence-corrected chi connectivity index (χ0v) is 17.1. The molecule has 3 atom stereocenters. The molecule has 158 valence electrons. The molecule has 0 aromatic heterocycles. The highest BCUT2D eigenvalue weighted by Crippen LogP contribution is 2.49. The molecule has 3 aliphatic carbocycles. The molecular formula is C25H23NO5. The van der Waals surface area contributed by atoms with Crippen LogP contribution in [0.2, 0.25) is 0 Å². The Morgan fingerprint density at radius 1 is 0.903 bits per heavy atom. The zero-order valence-electron chi connectivity index (χ0n) is 17.1. The van der Waals surface area contributed by atoms with Crippen LogP contribution in [0.25, 0.3) is 0 Å². The number of fused-ring (bicyclic) bond motifs is 4. The van der Waals surface area contributed by atoms with Crippen molar-refractivity contribution < 1.29 is 23.9 Å². The van der Waals surface area contributed by atoms with Crippen molar-refractivity contribution in [2.75, 3.05) is 11.9 Å². The van der Waals surface area contributed by atoms with Crippen LogP contribution in [0.4, 0.5) is 5.69 Å². The summed E-state index contributed by atoms with van der Waals surface area (Å²) in [4.78, 5) is 49.8.